The van der Waals surface area contributed by atoms with E-state index in [4.69, 9.17) is 5.73 Å². The number of aromatic nitrogens is 3. The number of nitrogens with one attached hydrogen (secondary N) is 1. The van der Waals surface area contributed by atoms with Crippen LogP contribution in [0.1, 0.15) is 22.3 Å². The maximum atomic E-state index is 5.99. The molecular weight excluding hydrogens is 196 g/mol. The molecule has 2 aromatic heterocycles. The van der Waals surface area contributed by atoms with E-state index in [1.165, 1.54) is 0 Å². The molecule has 4 nitrogen and oxygen atoms in total. The normalized spacial score (nSPS) is 13.0. The molecule has 0 aliphatic carbocycles. The molecule has 3 N–H and O–H groups in total. The van der Waals surface area contributed by atoms with E-state index in [0.29, 0.717) is 0 Å². The van der Waals surface area contributed by atoms with E-state index in [1.807, 2.05) is 13.1 Å². The van der Waals surface area contributed by atoms with E-state index in [9.17, 15) is 0 Å². The molecule has 0 amide bonds. The predicted octanol–water partition coefficient (Wildman–Crippen LogP) is 1.42. The monoisotopic (exact) mass is 208 g/mol. The summed E-state index contributed by atoms with van der Waals surface area (Å²) >= 11 is 1.65. The first-order chi connectivity index (χ1) is 6.75. The van der Waals surface area contributed by atoms with Crippen molar-refractivity contribution in [3.8, 4) is 0 Å². The Hall–Kier alpha value is -1.20. The summed E-state index contributed by atoms with van der Waals surface area (Å²) in [6.45, 7) is 2.00. The number of hydrogen-bond acceptors (Lipinski definition) is 4. The van der Waals surface area contributed by atoms with Gasteiger partial charge in [0.15, 0.2) is 0 Å². The highest BCUT2D eigenvalue weighted by atomic mass is 32.1. The number of aromatic amines is 1. The van der Waals surface area contributed by atoms with E-state index in [-0.39, 0.29) is 6.04 Å². The second kappa shape index (κ2) is 3.89. The SMILES string of the molecule is Cc1nc(CC(N)c2cn[nH]c2)cs1. The van der Waals surface area contributed by atoms with Crippen LogP contribution >= 0.6 is 11.3 Å². The molecule has 0 spiro atoms. The van der Waals surface area contributed by atoms with Crippen molar-refractivity contribution < 1.29 is 0 Å². The molecule has 2 rings (SSSR count). The van der Waals surface area contributed by atoms with Crippen molar-refractivity contribution in [3.05, 3.63) is 34.0 Å². The third-order valence-electron chi connectivity index (χ3n) is 2.04. The number of thiazole rings is 1. The Labute approximate surface area is 86.2 Å². The van der Waals surface area contributed by atoms with Gasteiger partial charge in [-0.25, -0.2) is 4.98 Å². The lowest BCUT2D eigenvalue weighted by atomic mass is 10.1. The average Bonchev–Trinajstić information content (AvgIpc) is 2.75. The van der Waals surface area contributed by atoms with Gasteiger partial charge >= 0.3 is 0 Å². The summed E-state index contributed by atoms with van der Waals surface area (Å²) in [5.41, 5.74) is 8.07. The number of rotatable bonds is 3. The fourth-order valence-corrected chi connectivity index (χ4v) is 1.93. The minimum atomic E-state index is -0.0183. The molecule has 0 bridgehead atoms. The molecule has 2 aromatic rings. The number of nitrogens with two attached hydrogens (primary N) is 1. The average molecular weight is 208 g/mol. The van der Waals surface area contributed by atoms with E-state index in [2.05, 4.69) is 20.6 Å². The summed E-state index contributed by atoms with van der Waals surface area (Å²) in [4.78, 5) is 4.37. The lowest BCUT2D eigenvalue weighted by Gasteiger charge is -2.05. The zero-order valence-electron chi connectivity index (χ0n) is 7.90. The zero-order chi connectivity index (χ0) is 9.97. The number of H-pyrrole nitrogens is 1. The van der Waals surface area contributed by atoms with E-state index >= 15 is 0 Å². The van der Waals surface area contributed by atoms with Crippen molar-refractivity contribution in [2.75, 3.05) is 0 Å². The Morgan fingerprint density at radius 1 is 1.64 bits per heavy atom. The van der Waals surface area contributed by atoms with Crippen molar-refractivity contribution in [2.45, 2.75) is 19.4 Å². The summed E-state index contributed by atoms with van der Waals surface area (Å²) in [6, 6.07) is -0.0183. The summed E-state index contributed by atoms with van der Waals surface area (Å²) in [7, 11) is 0. The molecule has 0 saturated heterocycles. The third-order valence-corrected chi connectivity index (χ3v) is 2.87. The second-order valence-electron chi connectivity index (χ2n) is 3.20. The Morgan fingerprint density at radius 3 is 3.07 bits per heavy atom. The first-order valence-corrected chi connectivity index (χ1v) is 5.29. The maximum Gasteiger partial charge on any atom is 0.0897 e. The zero-order valence-corrected chi connectivity index (χ0v) is 8.71. The largest absolute Gasteiger partial charge is 0.324 e. The molecular formula is C9H12N4S. The molecule has 2 heterocycles. The van der Waals surface area contributed by atoms with Gasteiger partial charge < -0.3 is 5.73 Å². The Balaban J connectivity index is 2.05. The van der Waals surface area contributed by atoms with Crippen LogP contribution in [0.2, 0.25) is 0 Å². The fourth-order valence-electron chi connectivity index (χ4n) is 1.31. The molecule has 0 aliphatic rings. The maximum absolute atomic E-state index is 5.99. The first-order valence-electron chi connectivity index (χ1n) is 4.41. The molecule has 1 atom stereocenters. The minimum Gasteiger partial charge on any atom is -0.324 e. The first kappa shape index (κ1) is 9.36. The smallest absolute Gasteiger partial charge is 0.0897 e. The lowest BCUT2D eigenvalue weighted by Crippen LogP contribution is -2.12. The highest BCUT2D eigenvalue weighted by molar-refractivity contribution is 7.09. The van der Waals surface area contributed by atoms with Gasteiger partial charge in [0.1, 0.15) is 0 Å². The van der Waals surface area contributed by atoms with Crippen LogP contribution in [0.3, 0.4) is 0 Å². The van der Waals surface area contributed by atoms with Crippen molar-refractivity contribution in [2.24, 2.45) is 5.73 Å². The van der Waals surface area contributed by atoms with Gasteiger partial charge in [0.2, 0.25) is 0 Å². The quantitative estimate of drug-likeness (QED) is 0.801. The summed E-state index contributed by atoms with van der Waals surface area (Å²) in [5.74, 6) is 0. The van der Waals surface area contributed by atoms with E-state index in [1.54, 1.807) is 17.5 Å². The summed E-state index contributed by atoms with van der Waals surface area (Å²) in [5, 5.41) is 9.75. The Morgan fingerprint density at radius 2 is 2.50 bits per heavy atom. The van der Waals surface area contributed by atoms with Gasteiger partial charge in [0.25, 0.3) is 0 Å². The standard InChI is InChI=1S/C9H12N4S/c1-6-13-8(5-14-6)2-9(10)7-3-11-12-4-7/h3-5,9H,2,10H2,1H3,(H,11,12). The molecule has 74 valence electrons. The Kier molecular flexibility index (Phi) is 2.60. The summed E-state index contributed by atoms with van der Waals surface area (Å²) in [6.07, 6.45) is 4.34. The van der Waals surface area contributed by atoms with E-state index < -0.39 is 0 Å². The van der Waals surface area contributed by atoms with Gasteiger partial charge in [-0.1, -0.05) is 0 Å². The third kappa shape index (κ3) is 2.00. The van der Waals surface area contributed by atoms with Crippen molar-refractivity contribution in [1.82, 2.24) is 15.2 Å². The molecule has 0 radical (unpaired) electrons. The predicted molar refractivity (Wildman–Crippen MR) is 56.1 cm³/mol. The Bertz CT molecular complexity index is 393. The van der Waals surface area contributed by atoms with Crippen molar-refractivity contribution in [1.29, 1.82) is 0 Å². The van der Waals surface area contributed by atoms with Crippen LogP contribution in [-0.4, -0.2) is 15.2 Å². The van der Waals surface area contributed by atoms with Gasteiger partial charge in [-0.3, -0.25) is 5.10 Å². The molecule has 0 fully saturated rings. The van der Waals surface area contributed by atoms with Crippen LogP contribution in [0.25, 0.3) is 0 Å². The van der Waals surface area contributed by atoms with Gasteiger partial charge in [-0.15, -0.1) is 11.3 Å². The van der Waals surface area contributed by atoms with Gasteiger partial charge in [-0.05, 0) is 6.92 Å². The number of aryl methyl sites for hydroxylation is 1. The second-order valence-corrected chi connectivity index (χ2v) is 4.26. The highest BCUT2D eigenvalue weighted by Gasteiger charge is 2.09. The van der Waals surface area contributed by atoms with Crippen LogP contribution in [0, 0.1) is 6.92 Å². The van der Waals surface area contributed by atoms with Crippen molar-refractivity contribution >= 4 is 11.3 Å². The minimum absolute atomic E-state index is 0.0183. The van der Waals surface area contributed by atoms with Crippen LogP contribution in [0.5, 0.6) is 0 Å². The fraction of sp³-hybridized carbons (Fsp3) is 0.333. The van der Waals surface area contributed by atoms with Crippen LogP contribution < -0.4 is 5.73 Å². The van der Waals surface area contributed by atoms with Gasteiger partial charge in [0.05, 0.1) is 16.9 Å². The number of nitrogens with zero attached hydrogens (tertiary/aromatic N) is 2. The molecule has 0 aliphatic heterocycles. The highest BCUT2D eigenvalue weighted by Crippen LogP contribution is 2.16. The molecule has 1 unspecified atom stereocenters. The van der Waals surface area contributed by atoms with Crippen LogP contribution in [0.4, 0.5) is 0 Å². The molecule has 5 heteroatoms. The van der Waals surface area contributed by atoms with Crippen molar-refractivity contribution in [3.63, 3.8) is 0 Å². The van der Waals surface area contributed by atoms with E-state index in [0.717, 1.165) is 22.7 Å². The molecule has 0 aromatic carbocycles. The van der Waals surface area contributed by atoms with Gasteiger partial charge in [0, 0.05) is 29.6 Å². The topological polar surface area (TPSA) is 67.6 Å². The van der Waals surface area contributed by atoms with Gasteiger partial charge in [-0.2, -0.15) is 5.10 Å². The van der Waals surface area contributed by atoms with Crippen LogP contribution in [-0.2, 0) is 6.42 Å². The lowest BCUT2D eigenvalue weighted by molar-refractivity contribution is 0.709. The molecule has 14 heavy (non-hydrogen) atoms. The number of hydrogen-bond donors (Lipinski definition) is 2. The molecule has 0 saturated carbocycles. The van der Waals surface area contributed by atoms with Crippen LogP contribution in [0.15, 0.2) is 17.8 Å². The summed E-state index contributed by atoms with van der Waals surface area (Å²) < 4.78 is 0.